The number of benzene rings is 2. The highest BCUT2D eigenvalue weighted by Crippen LogP contribution is 2.38. The van der Waals surface area contributed by atoms with Gasteiger partial charge in [-0.1, -0.05) is 28.1 Å². The summed E-state index contributed by atoms with van der Waals surface area (Å²) < 4.78 is 12.0. The number of primary amides is 1. The second kappa shape index (κ2) is 9.36. The van der Waals surface area contributed by atoms with Gasteiger partial charge in [-0.05, 0) is 63.0 Å². The Balaban J connectivity index is 1.79. The molecule has 3 aromatic rings. The fourth-order valence-corrected chi connectivity index (χ4v) is 4.39. The fraction of sp³-hybridized carbons (Fsp3) is 0.292. The molecule has 0 spiro atoms. The molecule has 0 bridgehead atoms. The zero-order valence-corrected chi connectivity index (χ0v) is 19.9. The summed E-state index contributed by atoms with van der Waals surface area (Å²) in [4.78, 5) is 41.6. The summed E-state index contributed by atoms with van der Waals surface area (Å²) in [6.07, 6.45) is 0.738. The van der Waals surface area contributed by atoms with Crippen LogP contribution in [-0.2, 0) is 4.79 Å². The van der Waals surface area contributed by atoms with E-state index in [1.807, 2.05) is 19.0 Å². The third-order valence-corrected chi connectivity index (χ3v) is 6.00. The van der Waals surface area contributed by atoms with Crippen LogP contribution >= 0.6 is 15.9 Å². The minimum atomic E-state index is -0.584. The lowest BCUT2D eigenvalue weighted by atomic mass is 9.98. The number of carbonyl (C=O) groups is 2. The van der Waals surface area contributed by atoms with E-state index in [0.29, 0.717) is 28.8 Å². The number of hydrogen-bond donors (Lipinski definition) is 1. The number of fused-ring (bicyclic) bond motifs is 2. The summed E-state index contributed by atoms with van der Waals surface area (Å²) in [6.45, 7) is 1.03. The fourth-order valence-electron chi connectivity index (χ4n) is 4.03. The van der Waals surface area contributed by atoms with E-state index in [1.165, 1.54) is 0 Å². The third-order valence-electron chi connectivity index (χ3n) is 5.51. The molecule has 2 heterocycles. The molecule has 0 radical (unpaired) electrons. The molecule has 1 unspecified atom stereocenters. The van der Waals surface area contributed by atoms with Gasteiger partial charge in [0, 0.05) is 11.0 Å². The number of carbonyl (C=O) groups excluding carboxylic acids is 2. The Hall–Kier alpha value is -3.17. The van der Waals surface area contributed by atoms with E-state index in [9.17, 15) is 14.4 Å². The molecule has 2 aromatic carbocycles. The van der Waals surface area contributed by atoms with Crippen LogP contribution in [0.2, 0.25) is 0 Å². The number of nitrogens with zero attached hydrogens (tertiary/aromatic N) is 2. The van der Waals surface area contributed by atoms with E-state index >= 15 is 0 Å². The van der Waals surface area contributed by atoms with Crippen LogP contribution in [0.15, 0.2) is 56.1 Å². The van der Waals surface area contributed by atoms with Crippen LogP contribution < -0.4 is 15.9 Å². The first-order valence-corrected chi connectivity index (χ1v) is 11.3. The van der Waals surface area contributed by atoms with E-state index < -0.39 is 11.9 Å². The van der Waals surface area contributed by atoms with Gasteiger partial charge >= 0.3 is 0 Å². The molecular weight excluding hydrogens is 490 g/mol. The molecule has 2 amide bonds. The molecule has 8 nitrogen and oxygen atoms in total. The summed E-state index contributed by atoms with van der Waals surface area (Å²) in [7, 11) is 3.94. The number of nitrogens with two attached hydrogens (primary N) is 1. The van der Waals surface area contributed by atoms with E-state index in [1.54, 1.807) is 47.4 Å². The van der Waals surface area contributed by atoms with Crippen LogP contribution in [-0.4, -0.2) is 55.4 Å². The summed E-state index contributed by atoms with van der Waals surface area (Å²) in [5, 5.41) is 0.414. The van der Waals surface area contributed by atoms with Gasteiger partial charge in [0.2, 0.25) is 5.76 Å². The van der Waals surface area contributed by atoms with Crippen molar-refractivity contribution in [3.63, 3.8) is 0 Å². The summed E-state index contributed by atoms with van der Waals surface area (Å²) >= 11 is 3.40. The molecule has 33 heavy (non-hydrogen) atoms. The predicted molar refractivity (Wildman–Crippen MR) is 127 cm³/mol. The van der Waals surface area contributed by atoms with E-state index in [0.717, 1.165) is 23.0 Å². The highest BCUT2D eigenvalue weighted by Gasteiger charge is 2.42. The minimum absolute atomic E-state index is 0.0822. The Morgan fingerprint density at radius 2 is 1.91 bits per heavy atom. The summed E-state index contributed by atoms with van der Waals surface area (Å²) in [5.74, 6) is -0.323. The van der Waals surface area contributed by atoms with Gasteiger partial charge in [-0.25, -0.2) is 0 Å². The quantitative estimate of drug-likeness (QED) is 0.496. The number of rotatable bonds is 8. The second-order valence-electron chi connectivity index (χ2n) is 8.20. The Morgan fingerprint density at radius 3 is 2.58 bits per heavy atom. The van der Waals surface area contributed by atoms with Crippen molar-refractivity contribution < 1.29 is 18.7 Å². The maximum Gasteiger partial charge on any atom is 0.290 e. The van der Waals surface area contributed by atoms with Gasteiger partial charge in [0.05, 0.1) is 17.0 Å². The van der Waals surface area contributed by atoms with Gasteiger partial charge in [-0.15, -0.1) is 0 Å². The number of hydrogen-bond acceptors (Lipinski definition) is 6. The molecule has 9 heteroatoms. The second-order valence-corrected chi connectivity index (χ2v) is 9.11. The standard InChI is InChI=1S/C24H24BrN3O5/c1-27(2)10-3-11-28-21(14-4-7-16(8-5-14)32-13-19(26)29)20-22(30)17-12-15(25)6-9-18(17)33-23(20)24(28)31/h4-9,12,21H,3,10-11,13H2,1-2H3,(H2,26,29). The molecule has 0 fully saturated rings. The first-order chi connectivity index (χ1) is 15.8. The average Bonchev–Trinajstić information content (AvgIpc) is 3.05. The van der Waals surface area contributed by atoms with Crippen molar-refractivity contribution in [3.05, 3.63) is 74.0 Å². The maximum absolute atomic E-state index is 13.5. The van der Waals surface area contributed by atoms with Crippen molar-refractivity contribution in [1.82, 2.24) is 9.80 Å². The van der Waals surface area contributed by atoms with Crippen LogP contribution in [0.3, 0.4) is 0 Å². The van der Waals surface area contributed by atoms with Crippen molar-refractivity contribution in [3.8, 4) is 5.75 Å². The predicted octanol–water partition coefficient (Wildman–Crippen LogP) is 2.92. The van der Waals surface area contributed by atoms with Crippen molar-refractivity contribution in [2.45, 2.75) is 12.5 Å². The lowest BCUT2D eigenvalue weighted by Gasteiger charge is -2.26. The monoisotopic (exact) mass is 513 g/mol. The molecule has 1 aliphatic rings. The Morgan fingerprint density at radius 1 is 1.18 bits per heavy atom. The Kier molecular flexibility index (Phi) is 6.53. The zero-order valence-electron chi connectivity index (χ0n) is 18.3. The summed E-state index contributed by atoms with van der Waals surface area (Å²) in [6, 6.07) is 11.5. The van der Waals surface area contributed by atoms with Crippen LogP contribution in [0.5, 0.6) is 5.75 Å². The Labute approximate surface area is 199 Å². The highest BCUT2D eigenvalue weighted by molar-refractivity contribution is 9.10. The van der Waals surface area contributed by atoms with Crippen molar-refractivity contribution >= 4 is 38.7 Å². The molecule has 4 rings (SSSR count). The van der Waals surface area contributed by atoms with Gasteiger partial charge in [0.15, 0.2) is 12.0 Å². The van der Waals surface area contributed by atoms with Crippen molar-refractivity contribution in [1.29, 1.82) is 0 Å². The van der Waals surface area contributed by atoms with Gasteiger partial charge in [-0.3, -0.25) is 14.4 Å². The largest absolute Gasteiger partial charge is 0.484 e. The van der Waals surface area contributed by atoms with Crippen LogP contribution in [0.4, 0.5) is 0 Å². The van der Waals surface area contributed by atoms with Crippen molar-refractivity contribution in [2.24, 2.45) is 5.73 Å². The molecule has 0 saturated heterocycles. The van der Waals surface area contributed by atoms with Crippen molar-refractivity contribution in [2.75, 3.05) is 33.8 Å². The normalized spacial score (nSPS) is 15.3. The van der Waals surface area contributed by atoms with Gasteiger partial charge in [-0.2, -0.15) is 0 Å². The molecule has 0 saturated carbocycles. The minimum Gasteiger partial charge on any atom is -0.484 e. The molecule has 1 aliphatic heterocycles. The van der Waals surface area contributed by atoms with Crippen LogP contribution in [0, 0.1) is 0 Å². The molecule has 0 aliphatic carbocycles. The maximum atomic E-state index is 13.5. The molecular formula is C24H24BrN3O5. The molecule has 1 atom stereocenters. The molecule has 172 valence electrons. The lowest BCUT2D eigenvalue weighted by Crippen LogP contribution is -2.32. The van der Waals surface area contributed by atoms with Gasteiger partial charge < -0.3 is 24.7 Å². The molecule has 2 N–H and O–H groups in total. The highest BCUT2D eigenvalue weighted by atomic mass is 79.9. The zero-order chi connectivity index (χ0) is 23.7. The number of ether oxygens (including phenoxy) is 1. The van der Waals surface area contributed by atoms with Gasteiger partial charge in [0.25, 0.3) is 11.8 Å². The SMILES string of the molecule is CN(C)CCCN1C(=O)c2oc3ccc(Br)cc3c(=O)c2C1c1ccc(OCC(N)=O)cc1. The van der Waals surface area contributed by atoms with E-state index in [4.69, 9.17) is 14.9 Å². The summed E-state index contributed by atoms with van der Waals surface area (Å²) in [5.41, 5.74) is 6.37. The smallest absolute Gasteiger partial charge is 0.290 e. The third kappa shape index (κ3) is 4.65. The first kappa shape index (κ1) is 23.0. The first-order valence-electron chi connectivity index (χ1n) is 10.5. The van der Waals surface area contributed by atoms with Crippen LogP contribution in [0.1, 0.15) is 34.1 Å². The van der Waals surface area contributed by atoms with E-state index in [2.05, 4.69) is 15.9 Å². The molecule has 1 aromatic heterocycles. The van der Waals surface area contributed by atoms with Gasteiger partial charge in [0.1, 0.15) is 11.3 Å². The number of amides is 2. The Bertz CT molecular complexity index is 1270. The topological polar surface area (TPSA) is 106 Å². The average molecular weight is 514 g/mol. The van der Waals surface area contributed by atoms with Crippen LogP contribution in [0.25, 0.3) is 11.0 Å². The lowest BCUT2D eigenvalue weighted by molar-refractivity contribution is -0.119. The number of halogens is 1. The van der Waals surface area contributed by atoms with E-state index in [-0.39, 0.29) is 23.7 Å².